The second-order valence-electron chi connectivity index (χ2n) is 6.43. The molecule has 1 atom stereocenters. The number of hydrogen-bond donors (Lipinski definition) is 2. The third kappa shape index (κ3) is 5.20. The monoisotopic (exact) mass is 453 g/mol. The lowest BCUT2D eigenvalue weighted by Gasteiger charge is -2.18. The normalized spacial score (nSPS) is 11.5. The Hall–Kier alpha value is -3.19. The van der Waals surface area contributed by atoms with E-state index >= 15 is 0 Å². The summed E-state index contributed by atoms with van der Waals surface area (Å²) < 4.78 is 5.57. The van der Waals surface area contributed by atoms with E-state index in [1.165, 1.54) is 13.2 Å². The predicted molar refractivity (Wildman–Crippen MR) is 116 cm³/mol. The minimum atomic E-state index is -0.535. The fourth-order valence-corrected chi connectivity index (χ4v) is 3.14. The molecule has 2 aromatic carbocycles. The number of aromatic nitrogens is 1. The number of carbonyl (C=O) groups excluding carboxylic acids is 2. The van der Waals surface area contributed by atoms with Gasteiger partial charge in [-0.3, -0.25) is 9.78 Å². The summed E-state index contributed by atoms with van der Waals surface area (Å²) in [5.41, 5.74) is 8.66. The van der Waals surface area contributed by atoms with E-state index in [2.05, 4.69) is 26.2 Å². The van der Waals surface area contributed by atoms with Crippen LogP contribution in [0, 0.1) is 0 Å². The first-order chi connectivity index (χ1) is 14.0. The number of ether oxygens (including phenoxy) is 1. The average Bonchev–Trinajstić information content (AvgIpc) is 2.74. The van der Waals surface area contributed by atoms with E-state index in [4.69, 9.17) is 10.5 Å². The third-order valence-electron chi connectivity index (χ3n) is 4.44. The van der Waals surface area contributed by atoms with Crippen molar-refractivity contribution in [1.82, 2.24) is 4.98 Å². The van der Waals surface area contributed by atoms with Crippen LogP contribution < -0.4 is 11.1 Å². The molecule has 0 aliphatic carbocycles. The second kappa shape index (κ2) is 9.34. The molecule has 29 heavy (non-hydrogen) atoms. The number of nitrogens with one attached hydrogen (secondary N) is 1. The van der Waals surface area contributed by atoms with Gasteiger partial charge in [0, 0.05) is 10.7 Å². The van der Waals surface area contributed by atoms with E-state index in [9.17, 15) is 9.59 Å². The molecule has 0 aliphatic heterocycles. The van der Waals surface area contributed by atoms with Crippen LogP contribution in [0.2, 0.25) is 0 Å². The highest BCUT2D eigenvalue weighted by atomic mass is 79.9. The molecular formula is C22H20BrN3O3. The van der Waals surface area contributed by atoms with Gasteiger partial charge in [0.15, 0.2) is 0 Å². The van der Waals surface area contributed by atoms with Crippen molar-refractivity contribution >= 4 is 39.2 Å². The topological polar surface area (TPSA) is 94.3 Å². The zero-order valence-corrected chi connectivity index (χ0v) is 17.3. The second-order valence-corrected chi connectivity index (χ2v) is 7.34. The Morgan fingerprint density at radius 2 is 1.90 bits per heavy atom. The standard InChI is InChI=1S/C22H20BrN3O3/c1-29-22(28)15-7-9-18(24)20(12-15)26-21(27)17(11-14-5-3-2-4-6-14)19-10-8-16(23)13-25-19/h2-10,12-13,17H,11,24H2,1H3,(H,26,27). The summed E-state index contributed by atoms with van der Waals surface area (Å²) in [6.07, 6.45) is 2.13. The summed E-state index contributed by atoms with van der Waals surface area (Å²) in [6, 6.07) is 18.0. The molecule has 148 valence electrons. The van der Waals surface area contributed by atoms with E-state index in [-0.39, 0.29) is 5.91 Å². The van der Waals surface area contributed by atoms with Crippen molar-refractivity contribution in [3.63, 3.8) is 0 Å². The number of anilines is 2. The first-order valence-electron chi connectivity index (χ1n) is 8.92. The zero-order valence-electron chi connectivity index (χ0n) is 15.8. The van der Waals surface area contributed by atoms with E-state index in [1.807, 2.05) is 42.5 Å². The molecule has 1 amide bonds. The van der Waals surface area contributed by atoms with Gasteiger partial charge in [-0.15, -0.1) is 0 Å². The Balaban J connectivity index is 1.90. The number of esters is 1. The zero-order chi connectivity index (χ0) is 20.8. The van der Waals surface area contributed by atoms with Crippen LogP contribution in [0.3, 0.4) is 0 Å². The van der Waals surface area contributed by atoms with Crippen molar-refractivity contribution in [2.24, 2.45) is 0 Å². The Bertz CT molecular complexity index is 1010. The summed E-state index contributed by atoms with van der Waals surface area (Å²) in [4.78, 5) is 29.4. The molecule has 3 N–H and O–H groups in total. The molecule has 1 aromatic heterocycles. The average molecular weight is 454 g/mol. The van der Waals surface area contributed by atoms with E-state index in [1.54, 1.807) is 18.3 Å². The van der Waals surface area contributed by atoms with Crippen LogP contribution in [0.4, 0.5) is 11.4 Å². The van der Waals surface area contributed by atoms with Gasteiger partial charge in [-0.1, -0.05) is 30.3 Å². The van der Waals surface area contributed by atoms with Gasteiger partial charge in [0.25, 0.3) is 0 Å². The lowest BCUT2D eigenvalue weighted by Crippen LogP contribution is -2.24. The van der Waals surface area contributed by atoms with Gasteiger partial charge in [-0.25, -0.2) is 4.79 Å². The van der Waals surface area contributed by atoms with Crippen molar-refractivity contribution in [3.8, 4) is 0 Å². The lowest BCUT2D eigenvalue weighted by molar-refractivity contribution is -0.117. The van der Waals surface area contributed by atoms with Crippen LogP contribution >= 0.6 is 15.9 Å². The van der Waals surface area contributed by atoms with Crippen LogP contribution in [-0.2, 0) is 16.0 Å². The summed E-state index contributed by atoms with van der Waals surface area (Å²) >= 11 is 3.37. The van der Waals surface area contributed by atoms with Gasteiger partial charge in [0.05, 0.1) is 35.7 Å². The third-order valence-corrected chi connectivity index (χ3v) is 4.91. The largest absolute Gasteiger partial charge is 0.465 e. The molecule has 1 unspecified atom stereocenters. The molecule has 0 radical (unpaired) electrons. The van der Waals surface area contributed by atoms with Gasteiger partial charge >= 0.3 is 5.97 Å². The fraction of sp³-hybridized carbons (Fsp3) is 0.136. The highest BCUT2D eigenvalue weighted by Gasteiger charge is 2.24. The fourth-order valence-electron chi connectivity index (χ4n) is 2.90. The first-order valence-corrected chi connectivity index (χ1v) is 9.71. The molecule has 3 rings (SSSR count). The molecule has 7 heteroatoms. The van der Waals surface area contributed by atoms with Crippen LogP contribution in [-0.4, -0.2) is 24.0 Å². The number of methoxy groups -OCH3 is 1. The maximum atomic E-state index is 13.2. The van der Waals surface area contributed by atoms with Crippen LogP contribution in [0.25, 0.3) is 0 Å². The maximum Gasteiger partial charge on any atom is 0.337 e. The Morgan fingerprint density at radius 3 is 2.55 bits per heavy atom. The van der Waals surface area contributed by atoms with E-state index in [0.717, 1.165) is 10.0 Å². The van der Waals surface area contributed by atoms with Gasteiger partial charge in [-0.05, 0) is 58.2 Å². The van der Waals surface area contributed by atoms with Gasteiger partial charge < -0.3 is 15.8 Å². The van der Waals surface area contributed by atoms with Gasteiger partial charge in [0.1, 0.15) is 0 Å². The first kappa shape index (κ1) is 20.5. The number of carbonyl (C=O) groups is 2. The number of benzene rings is 2. The van der Waals surface area contributed by atoms with E-state index in [0.29, 0.717) is 29.1 Å². The summed E-state index contributed by atoms with van der Waals surface area (Å²) in [5, 5.41) is 2.84. The number of hydrogen-bond acceptors (Lipinski definition) is 5. The Morgan fingerprint density at radius 1 is 1.14 bits per heavy atom. The van der Waals surface area contributed by atoms with Crippen LogP contribution in [0.15, 0.2) is 71.3 Å². The maximum absolute atomic E-state index is 13.2. The van der Waals surface area contributed by atoms with Gasteiger partial charge in [0.2, 0.25) is 5.91 Å². The lowest BCUT2D eigenvalue weighted by atomic mass is 9.94. The predicted octanol–water partition coefficient (Wildman–Crippen LogP) is 4.18. The SMILES string of the molecule is COC(=O)c1ccc(N)c(NC(=O)C(Cc2ccccc2)c2ccc(Br)cn2)c1. The van der Waals surface area contributed by atoms with Crippen molar-refractivity contribution < 1.29 is 14.3 Å². The minimum absolute atomic E-state index is 0.266. The molecule has 3 aromatic rings. The number of halogens is 1. The Labute approximate surface area is 177 Å². The van der Waals surface area contributed by atoms with Crippen molar-refractivity contribution in [1.29, 1.82) is 0 Å². The minimum Gasteiger partial charge on any atom is -0.465 e. The summed E-state index contributed by atoms with van der Waals surface area (Å²) in [6.45, 7) is 0. The molecule has 0 aliphatic rings. The molecule has 0 saturated carbocycles. The van der Waals surface area contributed by atoms with Crippen LogP contribution in [0.1, 0.15) is 27.5 Å². The van der Waals surface area contributed by atoms with Crippen molar-refractivity contribution in [2.45, 2.75) is 12.3 Å². The molecule has 0 spiro atoms. The Kier molecular flexibility index (Phi) is 6.61. The summed E-state index contributed by atoms with van der Waals surface area (Å²) in [7, 11) is 1.30. The number of rotatable bonds is 6. The van der Waals surface area contributed by atoms with Gasteiger partial charge in [-0.2, -0.15) is 0 Å². The highest BCUT2D eigenvalue weighted by molar-refractivity contribution is 9.10. The molecular weight excluding hydrogens is 434 g/mol. The quantitative estimate of drug-likeness (QED) is 0.431. The number of nitrogens with zero attached hydrogens (tertiary/aromatic N) is 1. The molecule has 0 bridgehead atoms. The number of pyridine rings is 1. The number of nitrogen functional groups attached to an aromatic ring is 1. The highest BCUT2D eigenvalue weighted by Crippen LogP contribution is 2.26. The summed E-state index contributed by atoms with van der Waals surface area (Å²) in [5.74, 6) is -1.31. The number of nitrogens with two attached hydrogens (primary N) is 1. The number of amides is 1. The van der Waals surface area contributed by atoms with E-state index < -0.39 is 11.9 Å². The molecule has 1 heterocycles. The molecule has 6 nitrogen and oxygen atoms in total. The van der Waals surface area contributed by atoms with Crippen molar-refractivity contribution in [2.75, 3.05) is 18.2 Å². The smallest absolute Gasteiger partial charge is 0.337 e. The molecule has 0 fully saturated rings. The van der Waals surface area contributed by atoms with Crippen molar-refractivity contribution in [3.05, 3.63) is 88.2 Å². The molecule has 0 saturated heterocycles. The van der Waals surface area contributed by atoms with Crippen LogP contribution in [0.5, 0.6) is 0 Å².